The van der Waals surface area contributed by atoms with Crippen molar-refractivity contribution in [3.63, 3.8) is 0 Å². The molecule has 5 nitrogen and oxygen atoms in total. The second-order valence-corrected chi connectivity index (χ2v) is 5.62. The second-order valence-electron chi connectivity index (χ2n) is 4.05. The molecule has 0 rings (SSSR count). The molecule has 0 spiro atoms. The van der Waals surface area contributed by atoms with E-state index in [9.17, 15) is 4.79 Å². The van der Waals surface area contributed by atoms with Gasteiger partial charge in [-0.05, 0) is 40.0 Å². The SMILES string of the molecule is C=C(C)C(=O)OCCCCCO[SiH](OCC)OCC. The zero-order valence-electron chi connectivity index (χ0n) is 12.3. The summed E-state index contributed by atoms with van der Waals surface area (Å²) in [6.45, 7) is 11.3. The Bertz CT molecular complexity index is 251. The van der Waals surface area contributed by atoms with Crippen LogP contribution in [0.5, 0.6) is 0 Å². The van der Waals surface area contributed by atoms with Crippen LogP contribution in [0.3, 0.4) is 0 Å². The van der Waals surface area contributed by atoms with Crippen molar-refractivity contribution < 1.29 is 22.8 Å². The highest BCUT2D eigenvalue weighted by Gasteiger charge is 2.12. The van der Waals surface area contributed by atoms with Crippen molar-refractivity contribution in [2.24, 2.45) is 0 Å². The first kappa shape index (κ1) is 18.3. The van der Waals surface area contributed by atoms with Gasteiger partial charge in [-0.25, -0.2) is 4.79 Å². The Kier molecular flexibility index (Phi) is 11.9. The van der Waals surface area contributed by atoms with Crippen LogP contribution in [-0.2, 0) is 22.8 Å². The standard InChI is InChI=1S/C13H26O5Si/c1-5-16-19(17-6-2)18-11-9-7-8-10-15-13(14)12(3)4/h19H,3,5-11H2,1-2,4H3. The number of rotatable bonds is 12. The molecule has 0 aromatic carbocycles. The summed E-state index contributed by atoms with van der Waals surface area (Å²) in [5, 5.41) is 0. The molecule has 0 aliphatic carbocycles. The van der Waals surface area contributed by atoms with Gasteiger partial charge in [-0.3, -0.25) is 0 Å². The van der Waals surface area contributed by atoms with Crippen molar-refractivity contribution in [3.05, 3.63) is 12.2 Å². The summed E-state index contributed by atoms with van der Waals surface area (Å²) in [5.41, 5.74) is 0.436. The van der Waals surface area contributed by atoms with Crippen molar-refractivity contribution in [2.45, 2.75) is 40.0 Å². The molecule has 0 atom stereocenters. The van der Waals surface area contributed by atoms with Crippen LogP contribution in [0.4, 0.5) is 0 Å². The maximum atomic E-state index is 11.1. The number of hydrogen-bond acceptors (Lipinski definition) is 5. The highest BCUT2D eigenvalue weighted by atomic mass is 28.3. The molecule has 0 bridgehead atoms. The summed E-state index contributed by atoms with van der Waals surface area (Å²) < 4.78 is 21.3. The summed E-state index contributed by atoms with van der Waals surface area (Å²) >= 11 is 0. The molecule has 0 fully saturated rings. The molecular formula is C13H26O5Si. The van der Waals surface area contributed by atoms with E-state index in [0.29, 0.717) is 32.0 Å². The van der Waals surface area contributed by atoms with E-state index in [2.05, 4.69) is 6.58 Å². The fourth-order valence-electron chi connectivity index (χ4n) is 1.27. The van der Waals surface area contributed by atoms with Gasteiger partial charge in [0.1, 0.15) is 0 Å². The molecule has 0 unspecified atom stereocenters. The minimum atomic E-state index is -1.92. The first-order valence-electron chi connectivity index (χ1n) is 6.79. The maximum Gasteiger partial charge on any atom is 0.484 e. The number of esters is 1. The lowest BCUT2D eigenvalue weighted by molar-refractivity contribution is -0.139. The lowest BCUT2D eigenvalue weighted by Crippen LogP contribution is -2.27. The second kappa shape index (κ2) is 12.3. The topological polar surface area (TPSA) is 54.0 Å². The lowest BCUT2D eigenvalue weighted by Gasteiger charge is -2.14. The Morgan fingerprint density at radius 2 is 1.58 bits per heavy atom. The van der Waals surface area contributed by atoms with E-state index in [1.54, 1.807) is 6.92 Å². The molecule has 0 aromatic heterocycles. The van der Waals surface area contributed by atoms with Gasteiger partial charge in [-0.1, -0.05) is 6.58 Å². The Morgan fingerprint density at radius 1 is 1.00 bits per heavy atom. The van der Waals surface area contributed by atoms with Gasteiger partial charge in [0, 0.05) is 25.4 Å². The molecular weight excluding hydrogens is 264 g/mol. The van der Waals surface area contributed by atoms with Crippen LogP contribution >= 0.6 is 0 Å². The van der Waals surface area contributed by atoms with E-state index in [4.69, 9.17) is 18.0 Å². The van der Waals surface area contributed by atoms with Crippen LogP contribution in [0.15, 0.2) is 12.2 Å². The van der Waals surface area contributed by atoms with E-state index < -0.39 is 9.53 Å². The average Bonchev–Trinajstić information content (AvgIpc) is 2.37. The Balaban J connectivity index is 3.43. The van der Waals surface area contributed by atoms with Crippen molar-refractivity contribution in [1.82, 2.24) is 0 Å². The van der Waals surface area contributed by atoms with Gasteiger partial charge >= 0.3 is 15.5 Å². The fraction of sp³-hybridized carbons (Fsp3) is 0.769. The highest BCUT2D eigenvalue weighted by Crippen LogP contribution is 2.01. The van der Waals surface area contributed by atoms with Gasteiger partial charge in [0.05, 0.1) is 6.61 Å². The number of unbranched alkanes of at least 4 members (excludes halogenated alkanes) is 2. The third-order valence-electron chi connectivity index (χ3n) is 2.23. The molecule has 0 N–H and O–H groups in total. The van der Waals surface area contributed by atoms with E-state index in [-0.39, 0.29) is 5.97 Å². The molecule has 0 aliphatic heterocycles. The van der Waals surface area contributed by atoms with Crippen LogP contribution in [-0.4, -0.2) is 41.9 Å². The molecule has 0 heterocycles. The zero-order chi connectivity index (χ0) is 14.5. The summed E-state index contributed by atoms with van der Waals surface area (Å²) in [6.07, 6.45) is 2.69. The van der Waals surface area contributed by atoms with Crippen molar-refractivity contribution in [1.29, 1.82) is 0 Å². The molecule has 19 heavy (non-hydrogen) atoms. The van der Waals surface area contributed by atoms with E-state index in [1.807, 2.05) is 13.8 Å². The normalized spacial score (nSPS) is 10.7. The number of hydrogen-bond donors (Lipinski definition) is 0. The Morgan fingerprint density at radius 3 is 2.11 bits per heavy atom. The number of carbonyl (C=O) groups is 1. The van der Waals surface area contributed by atoms with Gasteiger partial charge in [-0.15, -0.1) is 0 Å². The third kappa shape index (κ3) is 10.9. The first-order valence-corrected chi connectivity index (χ1v) is 8.20. The van der Waals surface area contributed by atoms with Crippen LogP contribution in [0.2, 0.25) is 0 Å². The summed E-state index contributed by atoms with van der Waals surface area (Å²) in [6, 6.07) is 0. The lowest BCUT2D eigenvalue weighted by atomic mass is 10.2. The van der Waals surface area contributed by atoms with Crippen molar-refractivity contribution >= 4 is 15.5 Å². The van der Waals surface area contributed by atoms with Crippen molar-refractivity contribution in [2.75, 3.05) is 26.4 Å². The van der Waals surface area contributed by atoms with Gasteiger partial charge in [0.15, 0.2) is 0 Å². The summed E-state index contributed by atoms with van der Waals surface area (Å²) in [7, 11) is -1.92. The molecule has 0 radical (unpaired) electrons. The van der Waals surface area contributed by atoms with E-state index in [0.717, 1.165) is 19.3 Å². The van der Waals surface area contributed by atoms with Gasteiger partial charge < -0.3 is 18.0 Å². The third-order valence-corrected chi connectivity index (χ3v) is 3.95. The summed E-state index contributed by atoms with van der Waals surface area (Å²) in [5.74, 6) is -0.323. The number of carbonyl (C=O) groups excluding carboxylic acids is 1. The van der Waals surface area contributed by atoms with Crippen molar-refractivity contribution in [3.8, 4) is 0 Å². The molecule has 0 saturated heterocycles. The Labute approximate surface area is 117 Å². The predicted octanol–water partition coefficient (Wildman–Crippen LogP) is 2.08. The smallest absolute Gasteiger partial charge is 0.462 e. The average molecular weight is 290 g/mol. The molecule has 0 amide bonds. The minimum absolute atomic E-state index is 0.323. The largest absolute Gasteiger partial charge is 0.484 e. The van der Waals surface area contributed by atoms with Crippen LogP contribution in [0.1, 0.15) is 40.0 Å². The fourth-order valence-corrected chi connectivity index (χ4v) is 2.46. The predicted molar refractivity (Wildman–Crippen MR) is 76.0 cm³/mol. The zero-order valence-corrected chi connectivity index (χ0v) is 13.4. The molecule has 0 saturated carbocycles. The van der Waals surface area contributed by atoms with Crippen LogP contribution in [0.25, 0.3) is 0 Å². The highest BCUT2D eigenvalue weighted by molar-refractivity contribution is 6.36. The monoisotopic (exact) mass is 290 g/mol. The van der Waals surface area contributed by atoms with Crippen LogP contribution in [0, 0.1) is 0 Å². The first-order chi connectivity index (χ1) is 9.11. The molecule has 0 aromatic rings. The molecule has 6 heteroatoms. The minimum Gasteiger partial charge on any atom is -0.462 e. The quantitative estimate of drug-likeness (QED) is 0.238. The van der Waals surface area contributed by atoms with Gasteiger partial charge in [0.25, 0.3) is 0 Å². The number of ether oxygens (including phenoxy) is 1. The maximum absolute atomic E-state index is 11.1. The molecule has 0 aliphatic rings. The van der Waals surface area contributed by atoms with E-state index in [1.165, 1.54) is 0 Å². The summed E-state index contributed by atoms with van der Waals surface area (Å²) in [4.78, 5) is 11.1. The molecule has 112 valence electrons. The van der Waals surface area contributed by atoms with E-state index >= 15 is 0 Å². The Hall–Kier alpha value is -0.693. The van der Waals surface area contributed by atoms with Crippen LogP contribution < -0.4 is 0 Å². The van der Waals surface area contributed by atoms with Gasteiger partial charge in [0.2, 0.25) is 0 Å². The van der Waals surface area contributed by atoms with Gasteiger partial charge in [-0.2, -0.15) is 0 Å².